The first-order valence-corrected chi connectivity index (χ1v) is 11.6. The molecule has 0 aromatic heterocycles. The second kappa shape index (κ2) is 8.43. The molecule has 1 amide bonds. The molecule has 1 N–H and O–H groups in total. The lowest BCUT2D eigenvalue weighted by Crippen LogP contribution is -2.49. The van der Waals surface area contributed by atoms with E-state index in [1.807, 2.05) is 38.1 Å². The number of fused-ring (bicyclic) bond motifs is 1. The monoisotopic (exact) mass is 436 g/mol. The molecule has 1 aliphatic heterocycles. The zero-order valence-electron chi connectivity index (χ0n) is 17.4. The number of anilines is 2. The summed E-state index contributed by atoms with van der Waals surface area (Å²) in [6.07, 6.45) is -0.971. The molecule has 0 bridgehead atoms. The van der Waals surface area contributed by atoms with Crippen LogP contribution in [-0.4, -0.2) is 27.0 Å². The van der Waals surface area contributed by atoms with E-state index in [1.54, 1.807) is 48.5 Å². The molecule has 1 aliphatic rings. The van der Waals surface area contributed by atoms with Gasteiger partial charge in [0.25, 0.3) is 5.91 Å². The highest BCUT2D eigenvalue weighted by Gasteiger charge is 2.36. The van der Waals surface area contributed by atoms with Crippen molar-refractivity contribution in [1.82, 2.24) is 0 Å². The summed E-state index contributed by atoms with van der Waals surface area (Å²) in [5.74, 6) is -0.182. The lowest BCUT2D eigenvalue weighted by Gasteiger charge is -2.34. The van der Waals surface area contributed by atoms with E-state index in [2.05, 4.69) is 5.32 Å². The molecule has 7 heteroatoms. The smallest absolute Gasteiger partial charge is 0.267 e. The van der Waals surface area contributed by atoms with Gasteiger partial charge in [0.15, 0.2) is 6.10 Å². The first-order valence-electron chi connectivity index (χ1n) is 10.0. The maximum Gasteiger partial charge on any atom is 0.267 e. The highest BCUT2D eigenvalue weighted by molar-refractivity contribution is 7.92. The van der Waals surface area contributed by atoms with Crippen LogP contribution in [0.4, 0.5) is 11.4 Å². The number of amides is 1. The summed E-state index contributed by atoms with van der Waals surface area (Å²) in [5.41, 5.74) is 3.83. The quantitative estimate of drug-likeness (QED) is 0.655. The molecule has 0 saturated heterocycles. The Balaban J connectivity index is 1.61. The van der Waals surface area contributed by atoms with Gasteiger partial charge in [0.2, 0.25) is 10.0 Å². The zero-order valence-corrected chi connectivity index (χ0v) is 18.2. The van der Waals surface area contributed by atoms with Crippen molar-refractivity contribution in [2.75, 3.05) is 16.2 Å². The maximum atomic E-state index is 13.3. The summed E-state index contributed by atoms with van der Waals surface area (Å²) in [6, 6.07) is 21.6. The predicted octanol–water partition coefficient (Wildman–Crippen LogP) is 4.04. The van der Waals surface area contributed by atoms with Gasteiger partial charge in [-0.1, -0.05) is 48.5 Å². The van der Waals surface area contributed by atoms with Crippen LogP contribution in [0.15, 0.2) is 72.8 Å². The van der Waals surface area contributed by atoms with Gasteiger partial charge in [-0.15, -0.1) is 0 Å². The first-order chi connectivity index (χ1) is 14.8. The minimum atomic E-state index is -3.73. The molecular weight excluding hydrogens is 412 g/mol. The fraction of sp³-hybridized carbons (Fsp3) is 0.208. The van der Waals surface area contributed by atoms with Crippen LogP contribution < -0.4 is 14.4 Å². The topological polar surface area (TPSA) is 75.7 Å². The van der Waals surface area contributed by atoms with Gasteiger partial charge in [-0.25, -0.2) is 8.42 Å². The number of ether oxygens (including phenoxy) is 1. The van der Waals surface area contributed by atoms with E-state index >= 15 is 0 Å². The molecule has 0 saturated carbocycles. The van der Waals surface area contributed by atoms with Crippen LogP contribution in [0, 0.1) is 13.8 Å². The van der Waals surface area contributed by atoms with E-state index in [4.69, 9.17) is 4.74 Å². The second-order valence-corrected chi connectivity index (χ2v) is 9.61. The van der Waals surface area contributed by atoms with Crippen molar-refractivity contribution in [2.45, 2.75) is 25.7 Å². The third-order valence-corrected chi connectivity index (χ3v) is 6.76. The number of hydrogen-bond acceptors (Lipinski definition) is 4. The van der Waals surface area contributed by atoms with Crippen LogP contribution in [-0.2, 0) is 20.6 Å². The van der Waals surface area contributed by atoms with Crippen LogP contribution in [0.1, 0.15) is 16.7 Å². The fourth-order valence-corrected chi connectivity index (χ4v) is 5.32. The molecule has 3 aromatic carbocycles. The van der Waals surface area contributed by atoms with Gasteiger partial charge in [0.05, 0.1) is 18.0 Å². The standard InChI is InChI=1S/C24H24N2O4S/c1-17-12-18(2)14-20(13-17)25-24(27)23-15-26(21-10-6-7-11-22(21)30-23)31(28,29)16-19-8-4-3-5-9-19/h3-14,23H,15-16H2,1-2H3,(H,25,27). The normalized spacial score (nSPS) is 15.7. The van der Waals surface area contributed by atoms with Crippen molar-refractivity contribution in [3.8, 4) is 5.75 Å². The van der Waals surface area contributed by atoms with Crippen LogP contribution in [0.5, 0.6) is 5.75 Å². The Morgan fingerprint density at radius 1 is 1.00 bits per heavy atom. The van der Waals surface area contributed by atoms with Gasteiger partial charge in [-0.2, -0.15) is 0 Å². The van der Waals surface area contributed by atoms with Crippen molar-refractivity contribution >= 4 is 27.3 Å². The fourth-order valence-electron chi connectivity index (χ4n) is 3.73. The molecule has 0 fully saturated rings. The summed E-state index contributed by atoms with van der Waals surface area (Å²) < 4.78 is 33.7. The Hall–Kier alpha value is -3.32. The minimum Gasteiger partial charge on any atom is -0.476 e. The zero-order chi connectivity index (χ0) is 22.0. The highest BCUT2D eigenvalue weighted by atomic mass is 32.2. The molecule has 6 nitrogen and oxygen atoms in total. The van der Waals surface area contributed by atoms with E-state index in [9.17, 15) is 13.2 Å². The third-order valence-electron chi connectivity index (χ3n) is 5.04. The van der Waals surface area contributed by atoms with E-state index in [0.29, 0.717) is 22.7 Å². The molecule has 3 aromatic rings. The molecule has 0 aliphatic carbocycles. The van der Waals surface area contributed by atoms with Gasteiger partial charge >= 0.3 is 0 Å². The van der Waals surface area contributed by atoms with Gasteiger partial charge < -0.3 is 10.1 Å². The summed E-state index contributed by atoms with van der Waals surface area (Å²) in [6.45, 7) is 3.81. The van der Waals surface area contributed by atoms with Crippen molar-refractivity contribution in [3.05, 3.63) is 89.5 Å². The number of hydrogen-bond donors (Lipinski definition) is 1. The average molecular weight is 437 g/mol. The lowest BCUT2D eigenvalue weighted by molar-refractivity contribution is -0.122. The number of aryl methyl sites for hydroxylation is 2. The van der Waals surface area contributed by atoms with Gasteiger partial charge in [0, 0.05) is 5.69 Å². The van der Waals surface area contributed by atoms with E-state index in [0.717, 1.165) is 11.1 Å². The predicted molar refractivity (Wildman–Crippen MR) is 122 cm³/mol. The van der Waals surface area contributed by atoms with Gasteiger partial charge in [0.1, 0.15) is 5.75 Å². The Kier molecular flexibility index (Phi) is 5.69. The molecule has 0 radical (unpaired) electrons. The number of nitrogens with zero attached hydrogens (tertiary/aromatic N) is 1. The Morgan fingerprint density at radius 2 is 1.65 bits per heavy atom. The summed E-state index contributed by atoms with van der Waals surface area (Å²) in [5, 5.41) is 2.86. The van der Waals surface area contributed by atoms with Gasteiger partial charge in [-0.3, -0.25) is 9.10 Å². The Bertz CT molecular complexity index is 1190. The number of sulfonamides is 1. The highest BCUT2D eigenvalue weighted by Crippen LogP contribution is 2.36. The maximum absolute atomic E-state index is 13.3. The molecule has 0 spiro atoms. The molecular formula is C24H24N2O4S. The summed E-state index contributed by atoms with van der Waals surface area (Å²) in [7, 11) is -3.73. The van der Waals surface area contributed by atoms with Crippen LogP contribution in [0.3, 0.4) is 0 Å². The number of para-hydroxylation sites is 2. The van der Waals surface area contributed by atoms with Gasteiger partial charge in [-0.05, 0) is 54.8 Å². The molecule has 1 unspecified atom stereocenters. The third kappa shape index (κ3) is 4.72. The van der Waals surface area contributed by atoms with Crippen LogP contribution in [0.2, 0.25) is 0 Å². The van der Waals surface area contributed by atoms with E-state index < -0.39 is 16.1 Å². The summed E-state index contributed by atoms with van der Waals surface area (Å²) >= 11 is 0. The number of carbonyl (C=O) groups excluding carboxylic acids is 1. The van der Waals surface area contributed by atoms with Crippen LogP contribution >= 0.6 is 0 Å². The molecule has 1 heterocycles. The van der Waals surface area contributed by atoms with Crippen molar-refractivity contribution < 1.29 is 17.9 Å². The molecule has 4 rings (SSSR count). The number of rotatable bonds is 5. The SMILES string of the molecule is Cc1cc(C)cc(NC(=O)C2CN(S(=O)(=O)Cc3ccccc3)c3ccccc3O2)c1. The second-order valence-electron chi connectivity index (χ2n) is 7.71. The van der Waals surface area contributed by atoms with Crippen LogP contribution in [0.25, 0.3) is 0 Å². The number of carbonyl (C=O) groups is 1. The molecule has 31 heavy (non-hydrogen) atoms. The number of nitrogens with one attached hydrogen (secondary N) is 1. The molecule has 1 atom stereocenters. The largest absolute Gasteiger partial charge is 0.476 e. The Morgan fingerprint density at radius 3 is 2.35 bits per heavy atom. The van der Waals surface area contributed by atoms with Crippen molar-refractivity contribution in [1.29, 1.82) is 0 Å². The number of benzene rings is 3. The molecule has 160 valence electrons. The lowest BCUT2D eigenvalue weighted by atomic mass is 10.1. The average Bonchev–Trinajstić information content (AvgIpc) is 2.72. The van der Waals surface area contributed by atoms with Crippen molar-refractivity contribution in [2.24, 2.45) is 0 Å². The van der Waals surface area contributed by atoms with Crippen molar-refractivity contribution in [3.63, 3.8) is 0 Å². The van der Waals surface area contributed by atoms with E-state index in [1.165, 1.54) is 4.31 Å². The first kappa shape index (κ1) is 20.9. The summed E-state index contributed by atoms with van der Waals surface area (Å²) in [4.78, 5) is 13.0. The Labute approximate surface area is 182 Å². The minimum absolute atomic E-state index is 0.0944. The van der Waals surface area contributed by atoms with E-state index in [-0.39, 0.29) is 18.2 Å².